The third kappa shape index (κ3) is 6.58. The van der Waals surface area contributed by atoms with E-state index in [-0.39, 0.29) is 12.3 Å². The van der Waals surface area contributed by atoms with Gasteiger partial charge in [-0.05, 0) is 18.4 Å². The molecule has 1 unspecified atom stereocenters. The first kappa shape index (κ1) is 12.4. The summed E-state index contributed by atoms with van der Waals surface area (Å²) >= 11 is 0. The summed E-state index contributed by atoms with van der Waals surface area (Å²) in [6.07, 6.45) is 0.261. The van der Waals surface area contributed by atoms with Crippen molar-refractivity contribution in [1.29, 1.82) is 0 Å². The molecule has 0 rings (SSSR count). The SMILES string of the molecule is CC(C)NCC(CC(=O)O)C(C)C. The zero-order valence-corrected chi connectivity index (χ0v) is 9.00. The number of carboxylic acid groups (broad SMARTS) is 1. The van der Waals surface area contributed by atoms with Crippen LogP contribution in [0.4, 0.5) is 0 Å². The predicted molar refractivity (Wildman–Crippen MR) is 53.7 cm³/mol. The van der Waals surface area contributed by atoms with Crippen LogP contribution >= 0.6 is 0 Å². The Morgan fingerprint density at radius 1 is 1.31 bits per heavy atom. The molecular formula is C10H21NO2. The molecule has 3 heteroatoms. The standard InChI is InChI=1S/C10H21NO2/c1-7(2)9(5-10(12)13)6-11-8(3)4/h7-9,11H,5-6H2,1-4H3,(H,12,13). The minimum absolute atomic E-state index is 0.236. The topological polar surface area (TPSA) is 49.3 Å². The summed E-state index contributed by atoms with van der Waals surface area (Å²) in [5.74, 6) is -0.0495. The Bertz CT molecular complexity index is 155. The van der Waals surface area contributed by atoms with Gasteiger partial charge in [-0.3, -0.25) is 4.79 Å². The summed E-state index contributed by atoms with van der Waals surface area (Å²) in [6.45, 7) is 9.06. The summed E-state index contributed by atoms with van der Waals surface area (Å²) < 4.78 is 0. The Labute approximate surface area is 80.5 Å². The lowest BCUT2D eigenvalue weighted by Gasteiger charge is -2.20. The van der Waals surface area contributed by atoms with E-state index in [2.05, 4.69) is 33.0 Å². The van der Waals surface area contributed by atoms with Crippen LogP contribution in [-0.4, -0.2) is 23.7 Å². The maximum Gasteiger partial charge on any atom is 0.303 e. The lowest BCUT2D eigenvalue weighted by atomic mass is 9.92. The molecule has 0 heterocycles. The Morgan fingerprint density at radius 3 is 2.15 bits per heavy atom. The molecule has 0 amide bonds. The van der Waals surface area contributed by atoms with Crippen molar-refractivity contribution in [3.05, 3.63) is 0 Å². The summed E-state index contributed by atoms with van der Waals surface area (Å²) in [5, 5.41) is 11.9. The molecule has 0 aliphatic carbocycles. The molecule has 0 bridgehead atoms. The third-order valence-corrected chi connectivity index (χ3v) is 2.17. The maximum absolute atomic E-state index is 10.5. The van der Waals surface area contributed by atoms with Crippen LogP contribution in [0.3, 0.4) is 0 Å². The molecule has 2 N–H and O–H groups in total. The highest BCUT2D eigenvalue weighted by atomic mass is 16.4. The van der Waals surface area contributed by atoms with Gasteiger partial charge in [0.2, 0.25) is 0 Å². The second-order valence-electron chi connectivity index (χ2n) is 4.16. The van der Waals surface area contributed by atoms with Crippen molar-refractivity contribution in [3.8, 4) is 0 Å². The molecule has 1 atom stereocenters. The fourth-order valence-electron chi connectivity index (χ4n) is 1.15. The van der Waals surface area contributed by atoms with Gasteiger partial charge in [-0.2, -0.15) is 0 Å². The van der Waals surface area contributed by atoms with Crippen molar-refractivity contribution < 1.29 is 9.90 Å². The molecule has 0 aromatic rings. The minimum atomic E-state index is -0.704. The van der Waals surface area contributed by atoms with Crippen molar-refractivity contribution in [1.82, 2.24) is 5.32 Å². The molecule has 78 valence electrons. The van der Waals surface area contributed by atoms with Crippen molar-refractivity contribution in [2.24, 2.45) is 11.8 Å². The molecule has 0 radical (unpaired) electrons. The van der Waals surface area contributed by atoms with Crippen LogP contribution in [0.5, 0.6) is 0 Å². The zero-order chi connectivity index (χ0) is 10.4. The molecule has 0 aliphatic rings. The van der Waals surface area contributed by atoms with E-state index >= 15 is 0 Å². The van der Waals surface area contributed by atoms with Crippen LogP contribution in [0.2, 0.25) is 0 Å². The average Bonchev–Trinajstić information content (AvgIpc) is 1.96. The number of rotatable bonds is 6. The molecular weight excluding hydrogens is 166 g/mol. The first-order valence-corrected chi connectivity index (χ1v) is 4.88. The summed E-state index contributed by atoms with van der Waals surface area (Å²) in [5.41, 5.74) is 0. The van der Waals surface area contributed by atoms with Gasteiger partial charge in [0.25, 0.3) is 0 Å². The van der Waals surface area contributed by atoms with Crippen molar-refractivity contribution in [2.75, 3.05) is 6.54 Å². The highest BCUT2D eigenvalue weighted by Crippen LogP contribution is 2.14. The normalized spacial score (nSPS) is 13.7. The summed E-state index contributed by atoms with van der Waals surface area (Å²) in [4.78, 5) is 10.5. The van der Waals surface area contributed by atoms with E-state index in [9.17, 15) is 4.79 Å². The van der Waals surface area contributed by atoms with E-state index in [0.717, 1.165) is 6.54 Å². The van der Waals surface area contributed by atoms with E-state index in [1.165, 1.54) is 0 Å². The van der Waals surface area contributed by atoms with Crippen molar-refractivity contribution >= 4 is 5.97 Å². The lowest BCUT2D eigenvalue weighted by Crippen LogP contribution is -2.32. The number of aliphatic carboxylic acids is 1. The maximum atomic E-state index is 10.5. The van der Waals surface area contributed by atoms with Crippen LogP contribution in [0, 0.1) is 11.8 Å². The first-order chi connectivity index (χ1) is 5.93. The van der Waals surface area contributed by atoms with Gasteiger partial charge >= 0.3 is 5.97 Å². The molecule has 13 heavy (non-hydrogen) atoms. The van der Waals surface area contributed by atoms with Crippen LogP contribution in [-0.2, 0) is 4.79 Å². The Morgan fingerprint density at radius 2 is 1.85 bits per heavy atom. The molecule has 0 saturated carbocycles. The van der Waals surface area contributed by atoms with Crippen LogP contribution in [0.15, 0.2) is 0 Å². The Kier molecular flexibility index (Phi) is 5.71. The van der Waals surface area contributed by atoms with Crippen LogP contribution < -0.4 is 5.32 Å². The quantitative estimate of drug-likeness (QED) is 0.665. The van der Waals surface area contributed by atoms with E-state index < -0.39 is 5.97 Å². The molecule has 0 aromatic heterocycles. The van der Waals surface area contributed by atoms with Crippen molar-refractivity contribution in [3.63, 3.8) is 0 Å². The summed E-state index contributed by atoms with van der Waals surface area (Å²) in [7, 11) is 0. The zero-order valence-electron chi connectivity index (χ0n) is 9.00. The van der Waals surface area contributed by atoms with Gasteiger partial charge in [0.1, 0.15) is 0 Å². The van der Waals surface area contributed by atoms with Gasteiger partial charge in [0.05, 0.1) is 0 Å². The van der Waals surface area contributed by atoms with Gasteiger partial charge in [-0.1, -0.05) is 27.7 Å². The molecule has 0 saturated heterocycles. The number of carbonyl (C=O) groups is 1. The van der Waals surface area contributed by atoms with Gasteiger partial charge in [-0.15, -0.1) is 0 Å². The second-order valence-corrected chi connectivity index (χ2v) is 4.16. The van der Waals surface area contributed by atoms with E-state index in [4.69, 9.17) is 5.11 Å². The van der Waals surface area contributed by atoms with Gasteiger partial charge in [0.15, 0.2) is 0 Å². The second kappa shape index (κ2) is 5.97. The van der Waals surface area contributed by atoms with E-state index in [1.54, 1.807) is 0 Å². The number of nitrogens with one attached hydrogen (secondary N) is 1. The minimum Gasteiger partial charge on any atom is -0.481 e. The molecule has 3 nitrogen and oxygen atoms in total. The highest BCUT2D eigenvalue weighted by Gasteiger charge is 2.16. The molecule has 0 aliphatic heterocycles. The largest absolute Gasteiger partial charge is 0.481 e. The average molecular weight is 187 g/mol. The Hall–Kier alpha value is -0.570. The highest BCUT2D eigenvalue weighted by molar-refractivity contribution is 5.67. The third-order valence-electron chi connectivity index (χ3n) is 2.17. The van der Waals surface area contributed by atoms with E-state index in [1.807, 2.05) is 0 Å². The number of carboxylic acids is 1. The number of hydrogen-bond acceptors (Lipinski definition) is 2. The first-order valence-electron chi connectivity index (χ1n) is 4.88. The van der Waals surface area contributed by atoms with Gasteiger partial charge in [0, 0.05) is 12.5 Å². The van der Waals surface area contributed by atoms with E-state index in [0.29, 0.717) is 12.0 Å². The van der Waals surface area contributed by atoms with Gasteiger partial charge < -0.3 is 10.4 Å². The fraction of sp³-hybridized carbons (Fsp3) is 0.900. The lowest BCUT2D eigenvalue weighted by molar-refractivity contribution is -0.138. The monoisotopic (exact) mass is 187 g/mol. The van der Waals surface area contributed by atoms with Crippen LogP contribution in [0.1, 0.15) is 34.1 Å². The number of hydrogen-bond donors (Lipinski definition) is 2. The molecule has 0 aromatic carbocycles. The molecule has 0 fully saturated rings. The Balaban J connectivity index is 3.88. The molecule has 0 spiro atoms. The van der Waals surface area contributed by atoms with Crippen molar-refractivity contribution in [2.45, 2.75) is 40.2 Å². The summed E-state index contributed by atoms with van der Waals surface area (Å²) in [6, 6.07) is 0.426. The smallest absolute Gasteiger partial charge is 0.303 e. The fourth-order valence-corrected chi connectivity index (χ4v) is 1.15. The predicted octanol–water partition coefficient (Wildman–Crippen LogP) is 1.73. The van der Waals surface area contributed by atoms with Gasteiger partial charge in [-0.25, -0.2) is 0 Å². The van der Waals surface area contributed by atoms with Crippen LogP contribution in [0.25, 0.3) is 0 Å².